The SMILES string of the molecule is O=C(O)CCNC(=O)Cn1c(O)c(/C=C2/C=Nc3ccccc32)sc1=S. The number of carbonyl (C=O) groups is 2. The summed E-state index contributed by atoms with van der Waals surface area (Å²) >= 11 is 6.42. The number of thiazole rings is 1. The monoisotopic (exact) mass is 389 g/mol. The number of carboxylic acids is 1. The number of nitrogens with zero attached hydrogens (tertiary/aromatic N) is 2. The van der Waals surface area contributed by atoms with E-state index >= 15 is 0 Å². The number of carbonyl (C=O) groups excluding carboxylic acids is 1. The maximum Gasteiger partial charge on any atom is 0.305 e. The van der Waals surface area contributed by atoms with Crippen molar-refractivity contribution in [3.05, 3.63) is 38.7 Å². The van der Waals surface area contributed by atoms with Crippen LogP contribution in [0.15, 0.2) is 29.3 Å². The molecule has 2 aromatic rings. The van der Waals surface area contributed by atoms with E-state index in [-0.39, 0.29) is 25.4 Å². The van der Waals surface area contributed by atoms with Gasteiger partial charge in [0.2, 0.25) is 11.8 Å². The molecule has 0 spiro atoms. The third kappa shape index (κ3) is 3.89. The smallest absolute Gasteiger partial charge is 0.305 e. The Morgan fingerprint density at radius 3 is 2.88 bits per heavy atom. The predicted molar refractivity (Wildman–Crippen MR) is 103 cm³/mol. The van der Waals surface area contributed by atoms with Gasteiger partial charge >= 0.3 is 5.97 Å². The lowest BCUT2D eigenvalue weighted by molar-refractivity contribution is -0.136. The number of fused-ring (bicyclic) bond motifs is 1. The van der Waals surface area contributed by atoms with Crippen molar-refractivity contribution < 1.29 is 19.8 Å². The molecule has 0 saturated carbocycles. The minimum absolute atomic E-state index is 0.0243. The number of hydrogen-bond acceptors (Lipinski definition) is 6. The molecule has 1 aliphatic rings. The molecule has 0 aliphatic carbocycles. The lowest BCUT2D eigenvalue weighted by Gasteiger charge is -2.06. The molecular weight excluding hydrogens is 374 g/mol. The Hall–Kier alpha value is -2.78. The molecule has 7 nitrogen and oxygen atoms in total. The average Bonchev–Trinajstić information content (AvgIpc) is 3.11. The van der Waals surface area contributed by atoms with Gasteiger partial charge in [0, 0.05) is 23.9 Å². The molecule has 1 aromatic heterocycles. The fraction of sp³-hybridized carbons (Fsp3) is 0.176. The first kappa shape index (κ1) is 18.0. The van der Waals surface area contributed by atoms with Gasteiger partial charge in [-0.15, -0.1) is 11.3 Å². The molecule has 0 saturated heterocycles. The molecular formula is C17H15N3O4S2. The molecule has 3 rings (SSSR count). The van der Waals surface area contributed by atoms with Crippen molar-refractivity contribution in [3.63, 3.8) is 0 Å². The molecule has 2 heterocycles. The highest BCUT2D eigenvalue weighted by molar-refractivity contribution is 7.73. The first-order valence-corrected chi connectivity index (χ1v) is 8.94. The molecule has 26 heavy (non-hydrogen) atoms. The number of aliphatic imine (C=N–C) groups is 1. The van der Waals surface area contributed by atoms with E-state index in [1.807, 2.05) is 24.3 Å². The van der Waals surface area contributed by atoms with Crippen LogP contribution in [0.2, 0.25) is 0 Å². The molecule has 0 fully saturated rings. The minimum Gasteiger partial charge on any atom is -0.493 e. The summed E-state index contributed by atoms with van der Waals surface area (Å²) < 4.78 is 1.67. The van der Waals surface area contributed by atoms with Gasteiger partial charge in [0.15, 0.2) is 3.95 Å². The van der Waals surface area contributed by atoms with Gasteiger partial charge in [0.25, 0.3) is 0 Å². The second-order valence-corrected chi connectivity index (χ2v) is 7.19. The van der Waals surface area contributed by atoms with Crippen LogP contribution in [0.3, 0.4) is 0 Å². The summed E-state index contributed by atoms with van der Waals surface area (Å²) in [6.07, 6.45) is 3.34. The number of aromatic hydroxyl groups is 1. The topological polar surface area (TPSA) is 104 Å². The number of hydrogen-bond donors (Lipinski definition) is 3. The van der Waals surface area contributed by atoms with Crippen molar-refractivity contribution >= 4 is 59.0 Å². The van der Waals surface area contributed by atoms with Crippen molar-refractivity contribution in [2.45, 2.75) is 13.0 Å². The van der Waals surface area contributed by atoms with Crippen LogP contribution in [0.25, 0.3) is 11.6 Å². The standard InChI is InChI=1S/C17H15N3O4S2/c21-14(18-6-5-15(22)23)9-20-16(24)13(26-17(20)25)7-10-8-19-12-4-2-1-3-11(10)12/h1-4,7-8,24H,5-6,9H2,(H,18,21)(H,22,23)/b10-7-. The number of para-hydroxylation sites is 1. The molecule has 9 heteroatoms. The summed E-state index contributed by atoms with van der Waals surface area (Å²) in [7, 11) is 0. The highest BCUT2D eigenvalue weighted by atomic mass is 32.1. The van der Waals surface area contributed by atoms with E-state index in [0.29, 0.717) is 8.83 Å². The first-order chi connectivity index (χ1) is 12.5. The summed E-state index contributed by atoms with van der Waals surface area (Å²) in [4.78, 5) is 27.2. The highest BCUT2D eigenvalue weighted by Crippen LogP contribution is 2.35. The van der Waals surface area contributed by atoms with Gasteiger partial charge in [-0.05, 0) is 24.4 Å². The second kappa shape index (κ2) is 7.63. The molecule has 0 radical (unpaired) electrons. The Morgan fingerprint density at radius 1 is 1.35 bits per heavy atom. The summed E-state index contributed by atoms with van der Waals surface area (Å²) in [5.41, 5.74) is 2.67. The van der Waals surface area contributed by atoms with E-state index in [1.165, 1.54) is 15.9 Å². The summed E-state index contributed by atoms with van der Waals surface area (Å²) in [5, 5.41) is 21.5. The van der Waals surface area contributed by atoms with Crippen molar-refractivity contribution in [2.24, 2.45) is 4.99 Å². The van der Waals surface area contributed by atoms with Crippen LogP contribution in [0.1, 0.15) is 16.9 Å². The zero-order valence-corrected chi connectivity index (χ0v) is 15.1. The van der Waals surface area contributed by atoms with E-state index in [1.54, 1.807) is 12.3 Å². The first-order valence-electron chi connectivity index (χ1n) is 7.72. The number of benzene rings is 1. The lowest BCUT2D eigenvalue weighted by atomic mass is 10.1. The molecule has 1 aromatic carbocycles. The van der Waals surface area contributed by atoms with Gasteiger partial charge < -0.3 is 15.5 Å². The Balaban J connectivity index is 1.78. The number of nitrogens with one attached hydrogen (secondary N) is 1. The number of aromatic nitrogens is 1. The number of allylic oxidation sites excluding steroid dienone is 1. The van der Waals surface area contributed by atoms with Crippen molar-refractivity contribution in [1.82, 2.24) is 9.88 Å². The largest absolute Gasteiger partial charge is 0.493 e. The van der Waals surface area contributed by atoms with Crippen LogP contribution in [0.4, 0.5) is 5.69 Å². The quantitative estimate of drug-likeness (QED) is 0.659. The minimum atomic E-state index is -0.993. The molecule has 0 atom stereocenters. The predicted octanol–water partition coefficient (Wildman–Crippen LogP) is 2.83. The Bertz CT molecular complexity index is 988. The zero-order valence-electron chi connectivity index (χ0n) is 13.5. The maximum absolute atomic E-state index is 11.9. The van der Waals surface area contributed by atoms with E-state index in [9.17, 15) is 14.7 Å². The zero-order chi connectivity index (χ0) is 18.7. The second-order valence-electron chi connectivity index (χ2n) is 5.51. The van der Waals surface area contributed by atoms with Crippen molar-refractivity contribution in [1.29, 1.82) is 0 Å². The van der Waals surface area contributed by atoms with Crippen LogP contribution in [-0.4, -0.2) is 39.4 Å². The average molecular weight is 389 g/mol. The van der Waals surface area contributed by atoms with Gasteiger partial charge in [0.05, 0.1) is 17.0 Å². The van der Waals surface area contributed by atoms with Crippen LogP contribution in [0.5, 0.6) is 5.88 Å². The number of carboxylic acid groups (broad SMARTS) is 1. The van der Waals surface area contributed by atoms with Crippen molar-refractivity contribution in [3.8, 4) is 5.88 Å². The van der Waals surface area contributed by atoms with E-state index < -0.39 is 11.9 Å². The highest BCUT2D eigenvalue weighted by Gasteiger charge is 2.16. The molecule has 1 amide bonds. The molecule has 0 bridgehead atoms. The van der Waals surface area contributed by atoms with Crippen LogP contribution in [-0.2, 0) is 16.1 Å². The van der Waals surface area contributed by atoms with Crippen LogP contribution in [0, 0.1) is 3.95 Å². The summed E-state index contributed by atoms with van der Waals surface area (Å²) in [6, 6.07) is 7.66. The van der Waals surface area contributed by atoms with Gasteiger partial charge in [-0.3, -0.25) is 19.1 Å². The maximum atomic E-state index is 11.9. The fourth-order valence-electron chi connectivity index (χ4n) is 2.45. The van der Waals surface area contributed by atoms with Crippen LogP contribution < -0.4 is 5.32 Å². The lowest BCUT2D eigenvalue weighted by Crippen LogP contribution is -2.29. The summed E-state index contributed by atoms with van der Waals surface area (Å²) in [5.74, 6) is -1.51. The molecule has 1 aliphatic heterocycles. The fourth-order valence-corrected chi connectivity index (χ4v) is 3.71. The Morgan fingerprint density at radius 2 is 2.12 bits per heavy atom. The van der Waals surface area contributed by atoms with E-state index in [2.05, 4.69) is 10.3 Å². The van der Waals surface area contributed by atoms with Crippen LogP contribution >= 0.6 is 23.6 Å². The van der Waals surface area contributed by atoms with E-state index in [0.717, 1.165) is 16.8 Å². The molecule has 0 unspecified atom stereocenters. The van der Waals surface area contributed by atoms with Gasteiger partial charge in [-0.1, -0.05) is 18.2 Å². The van der Waals surface area contributed by atoms with Gasteiger partial charge in [0.1, 0.15) is 6.54 Å². The van der Waals surface area contributed by atoms with Crippen molar-refractivity contribution in [2.75, 3.05) is 6.54 Å². The normalized spacial score (nSPS) is 13.8. The summed E-state index contributed by atoms with van der Waals surface area (Å²) in [6.45, 7) is -0.148. The Labute approximate surface area is 157 Å². The van der Waals surface area contributed by atoms with Gasteiger partial charge in [-0.2, -0.15) is 0 Å². The molecule has 3 N–H and O–H groups in total. The van der Waals surface area contributed by atoms with Gasteiger partial charge in [-0.25, -0.2) is 0 Å². The third-order valence-corrected chi connectivity index (χ3v) is 5.09. The van der Waals surface area contributed by atoms with E-state index in [4.69, 9.17) is 17.3 Å². The molecule has 134 valence electrons. The Kier molecular flexibility index (Phi) is 5.29. The number of aliphatic carboxylic acids is 1. The number of amides is 1. The third-order valence-electron chi connectivity index (χ3n) is 3.70. The number of rotatable bonds is 6.